The Kier molecular flexibility index (Phi) is 4.16. The van der Waals surface area contributed by atoms with Gasteiger partial charge in [0.25, 0.3) is 0 Å². The fraction of sp³-hybridized carbons (Fsp3) is 0.250. The van der Waals surface area contributed by atoms with Gasteiger partial charge >= 0.3 is 0 Å². The number of benzene rings is 2. The third-order valence-corrected chi connectivity index (χ3v) is 4.67. The molecule has 0 aliphatic carbocycles. The third-order valence-electron chi connectivity index (χ3n) is 4.67. The molecule has 2 heterocycles. The van der Waals surface area contributed by atoms with Gasteiger partial charge < -0.3 is 14.6 Å². The molecule has 0 saturated carbocycles. The Morgan fingerprint density at radius 1 is 1.27 bits per heavy atom. The predicted octanol–water partition coefficient (Wildman–Crippen LogP) is 3.72. The maximum absolute atomic E-state index is 12.0. The molecule has 0 fully saturated rings. The largest absolute Gasteiger partial charge is 0.497 e. The molecule has 1 N–H and O–H groups in total. The second kappa shape index (κ2) is 6.63. The zero-order valence-electron chi connectivity index (χ0n) is 14.7. The lowest BCUT2D eigenvalue weighted by Gasteiger charge is -2.24. The van der Waals surface area contributed by atoms with Crippen molar-refractivity contribution in [2.75, 3.05) is 12.4 Å². The number of amides is 1. The zero-order chi connectivity index (χ0) is 18.1. The van der Waals surface area contributed by atoms with Crippen LogP contribution in [0.15, 0.2) is 47.0 Å². The van der Waals surface area contributed by atoms with Crippen molar-refractivity contribution >= 4 is 11.6 Å². The van der Waals surface area contributed by atoms with E-state index in [0.717, 1.165) is 28.1 Å². The molecule has 6 nitrogen and oxygen atoms in total. The quantitative estimate of drug-likeness (QED) is 0.777. The molecule has 1 amide bonds. The molecule has 1 unspecified atom stereocenters. The van der Waals surface area contributed by atoms with Gasteiger partial charge in [0.1, 0.15) is 5.75 Å². The van der Waals surface area contributed by atoms with Crippen LogP contribution in [0, 0.1) is 6.92 Å². The third kappa shape index (κ3) is 3.06. The fourth-order valence-corrected chi connectivity index (χ4v) is 3.36. The van der Waals surface area contributed by atoms with E-state index in [1.54, 1.807) is 7.11 Å². The summed E-state index contributed by atoms with van der Waals surface area (Å²) in [6.45, 7) is 1.98. The molecule has 3 aromatic rings. The van der Waals surface area contributed by atoms with Crippen LogP contribution in [0.4, 0.5) is 5.69 Å². The van der Waals surface area contributed by atoms with E-state index in [9.17, 15) is 4.79 Å². The minimum Gasteiger partial charge on any atom is -0.497 e. The van der Waals surface area contributed by atoms with E-state index >= 15 is 0 Å². The van der Waals surface area contributed by atoms with E-state index in [0.29, 0.717) is 24.6 Å². The molecule has 1 aliphatic heterocycles. The van der Waals surface area contributed by atoms with Gasteiger partial charge in [0.05, 0.1) is 7.11 Å². The Morgan fingerprint density at radius 3 is 2.92 bits per heavy atom. The number of anilines is 1. The Bertz CT molecular complexity index is 964. The van der Waals surface area contributed by atoms with Crippen LogP contribution >= 0.6 is 0 Å². The monoisotopic (exact) mass is 349 g/mol. The number of ether oxygens (including phenoxy) is 1. The second-order valence-corrected chi connectivity index (χ2v) is 6.43. The van der Waals surface area contributed by atoms with E-state index in [-0.39, 0.29) is 11.8 Å². The van der Waals surface area contributed by atoms with Gasteiger partial charge in [0, 0.05) is 30.0 Å². The summed E-state index contributed by atoms with van der Waals surface area (Å²) in [6.07, 6.45) is 0.947. The van der Waals surface area contributed by atoms with Crippen molar-refractivity contribution < 1.29 is 14.1 Å². The second-order valence-electron chi connectivity index (χ2n) is 6.43. The summed E-state index contributed by atoms with van der Waals surface area (Å²) in [7, 11) is 1.64. The van der Waals surface area contributed by atoms with Crippen LogP contribution in [0.25, 0.3) is 11.4 Å². The molecule has 2 aromatic carbocycles. The molecule has 132 valence electrons. The molecule has 0 saturated heterocycles. The van der Waals surface area contributed by atoms with Crippen LogP contribution in [-0.2, 0) is 11.2 Å². The fourth-order valence-electron chi connectivity index (χ4n) is 3.36. The summed E-state index contributed by atoms with van der Waals surface area (Å²) >= 11 is 0. The highest BCUT2D eigenvalue weighted by Gasteiger charge is 2.27. The number of fused-ring (bicyclic) bond motifs is 1. The molecule has 0 spiro atoms. The predicted molar refractivity (Wildman–Crippen MR) is 97.2 cm³/mol. The number of nitrogens with one attached hydrogen (secondary N) is 1. The first-order valence-corrected chi connectivity index (χ1v) is 8.50. The molecule has 6 heteroatoms. The number of hydrogen-bond acceptors (Lipinski definition) is 5. The van der Waals surface area contributed by atoms with Crippen molar-refractivity contribution in [3.63, 3.8) is 0 Å². The van der Waals surface area contributed by atoms with E-state index < -0.39 is 0 Å². The Morgan fingerprint density at radius 2 is 2.12 bits per heavy atom. The number of carbonyl (C=O) groups excluding carboxylic acids is 1. The number of aryl methyl sites for hydroxylation is 1. The lowest BCUT2D eigenvalue weighted by Crippen LogP contribution is -2.23. The molecule has 0 radical (unpaired) electrons. The average Bonchev–Trinajstić information content (AvgIpc) is 3.09. The summed E-state index contributed by atoms with van der Waals surface area (Å²) in [6, 6.07) is 13.6. The van der Waals surface area contributed by atoms with Crippen molar-refractivity contribution in [1.82, 2.24) is 10.1 Å². The number of nitrogens with zero attached hydrogens (tertiary/aromatic N) is 2. The van der Waals surface area contributed by atoms with Crippen LogP contribution in [0.2, 0.25) is 0 Å². The van der Waals surface area contributed by atoms with Crippen LogP contribution in [0.1, 0.15) is 29.4 Å². The summed E-state index contributed by atoms with van der Waals surface area (Å²) < 4.78 is 10.7. The van der Waals surface area contributed by atoms with E-state index in [4.69, 9.17) is 9.26 Å². The zero-order valence-corrected chi connectivity index (χ0v) is 14.7. The topological polar surface area (TPSA) is 77.2 Å². The van der Waals surface area contributed by atoms with E-state index in [1.165, 1.54) is 0 Å². The number of rotatable bonds is 4. The number of hydrogen-bond donors (Lipinski definition) is 1. The molecule has 1 aliphatic rings. The molecular formula is C20H19N3O3. The van der Waals surface area contributed by atoms with Gasteiger partial charge in [-0.25, -0.2) is 0 Å². The van der Waals surface area contributed by atoms with Gasteiger partial charge in [-0.05, 0) is 42.3 Å². The molecule has 26 heavy (non-hydrogen) atoms. The number of carbonyl (C=O) groups is 1. The smallest absolute Gasteiger partial charge is 0.227 e. The summed E-state index contributed by atoms with van der Waals surface area (Å²) in [4.78, 5) is 16.5. The van der Waals surface area contributed by atoms with Crippen molar-refractivity contribution in [3.05, 3.63) is 59.5 Å². The lowest BCUT2D eigenvalue weighted by atomic mass is 9.88. The first-order valence-electron chi connectivity index (χ1n) is 8.50. The van der Waals surface area contributed by atoms with Gasteiger partial charge in [-0.3, -0.25) is 4.79 Å². The summed E-state index contributed by atoms with van der Waals surface area (Å²) in [5.41, 5.74) is 3.88. The highest BCUT2D eigenvalue weighted by atomic mass is 16.5. The van der Waals surface area contributed by atoms with Crippen molar-refractivity contribution in [2.45, 2.75) is 25.7 Å². The van der Waals surface area contributed by atoms with E-state index in [2.05, 4.69) is 15.5 Å². The van der Waals surface area contributed by atoms with Crippen LogP contribution in [0.3, 0.4) is 0 Å². The highest BCUT2D eigenvalue weighted by Crippen LogP contribution is 2.34. The standard InChI is InChI=1S/C20H19N3O3/c1-12-9-14(25-2)7-8-15(12)20-22-19(26-23-20)11-13-10-18(24)21-17-6-4-3-5-16(13)17/h3-9,13H,10-11H2,1-2H3,(H,21,24). The van der Waals surface area contributed by atoms with E-state index in [1.807, 2.05) is 49.4 Å². The van der Waals surface area contributed by atoms with Crippen molar-refractivity contribution in [2.24, 2.45) is 0 Å². The van der Waals surface area contributed by atoms with Crippen LogP contribution < -0.4 is 10.1 Å². The Hall–Kier alpha value is -3.15. The van der Waals surface area contributed by atoms with Crippen molar-refractivity contribution in [3.8, 4) is 17.1 Å². The minimum atomic E-state index is 0.0134. The Labute approximate surface area is 151 Å². The van der Waals surface area contributed by atoms with Gasteiger partial charge in [-0.1, -0.05) is 23.4 Å². The molecule has 1 aromatic heterocycles. The number of para-hydroxylation sites is 1. The molecule has 4 rings (SSSR count). The molecule has 0 bridgehead atoms. The Balaban J connectivity index is 1.59. The highest BCUT2D eigenvalue weighted by molar-refractivity contribution is 5.94. The van der Waals surface area contributed by atoms with Crippen LogP contribution in [-0.4, -0.2) is 23.2 Å². The summed E-state index contributed by atoms with van der Waals surface area (Å²) in [5.74, 6) is 1.92. The molecule has 1 atom stereocenters. The van der Waals surface area contributed by atoms with Crippen LogP contribution in [0.5, 0.6) is 5.75 Å². The molecular weight excluding hydrogens is 330 g/mol. The van der Waals surface area contributed by atoms with Gasteiger partial charge in [-0.2, -0.15) is 4.98 Å². The van der Waals surface area contributed by atoms with Gasteiger partial charge in [0.2, 0.25) is 17.6 Å². The van der Waals surface area contributed by atoms with Crippen molar-refractivity contribution in [1.29, 1.82) is 0 Å². The number of methoxy groups -OCH3 is 1. The maximum atomic E-state index is 12.0. The normalized spacial score (nSPS) is 16.1. The number of aromatic nitrogens is 2. The van der Waals surface area contributed by atoms with Gasteiger partial charge in [-0.15, -0.1) is 0 Å². The first-order chi connectivity index (χ1) is 12.6. The SMILES string of the molecule is COc1ccc(-c2noc(CC3CC(=O)Nc4ccccc43)n2)c(C)c1. The maximum Gasteiger partial charge on any atom is 0.227 e. The first kappa shape index (κ1) is 16.3. The lowest BCUT2D eigenvalue weighted by molar-refractivity contribution is -0.116. The minimum absolute atomic E-state index is 0.0134. The van der Waals surface area contributed by atoms with Gasteiger partial charge in [0.15, 0.2) is 0 Å². The average molecular weight is 349 g/mol. The summed E-state index contributed by atoms with van der Waals surface area (Å²) in [5, 5.41) is 7.02.